The lowest BCUT2D eigenvalue weighted by Crippen LogP contribution is -2.55. The number of hydrogen-bond acceptors (Lipinski definition) is 4. The molecule has 0 aliphatic carbocycles. The lowest BCUT2D eigenvalue weighted by Gasteiger charge is -2.39. The second-order valence-electron chi connectivity index (χ2n) is 5.59. The molecular formula is C14H17F2NO5S. The zero-order chi connectivity index (χ0) is 17.4. The Morgan fingerprint density at radius 1 is 1.43 bits per heavy atom. The zero-order valence-electron chi connectivity index (χ0n) is 12.6. The fourth-order valence-corrected chi connectivity index (χ4v) is 4.13. The van der Waals surface area contributed by atoms with Crippen LogP contribution in [-0.2, 0) is 14.8 Å². The second kappa shape index (κ2) is 6.14. The van der Waals surface area contributed by atoms with Gasteiger partial charge in [0.05, 0.1) is 17.1 Å². The number of carboxylic acid groups (broad SMARTS) is 1. The predicted molar refractivity (Wildman–Crippen MR) is 77.3 cm³/mol. The highest BCUT2D eigenvalue weighted by atomic mass is 32.2. The van der Waals surface area contributed by atoms with Crippen LogP contribution in [0.15, 0.2) is 23.1 Å². The first-order chi connectivity index (χ1) is 10.6. The molecule has 1 atom stereocenters. The SMILES string of the molecule is Cc1cc(C(=O)O)ccc1S(=O)(=O)N1CCOC(C)(C(F)F)C1. The average molecular weight is 349 g/mol. The highest BCUT2D eigenvalue weighted by Crippen LogP contribution is 2.29. The molecule has 0 radical (unpaired) electrons. The summed E-state index contributed by atoms with van der Waals surface area (Å²) in [5.41, 5.74) is -1.66. The summed E-state index contributed by atoms with van der Waals surface area (Å²) in [6.07, 6.45) is -2.82. The number of alkyl halides is 2. The largest absolute Gasteiger partial charge is 0.478 e. The molecule has 23 heavy (non-hydrogen) atoms. The van der Waals surface area contributed by atoms with E-state index >= 15 is 0 Å². The van der Waals surface area contributed by atoms with E-state index in [9.17, 15) is 22.0 Å². The van der Waals surface area contributed by atoms with Gasteiger partial charge in [0, 0.05) is 13.1 Å². The summed E-state index contributed by atoms with van der Waals surface area (Å²) in [7, 11) is -4.01. The van der Waals surface area contributed by atoms with E-state index in [-0.39, 0.29) is 29.2 Å². The number of ether oxygens (including phenoxy) is 1. The van der Waals surface area contributed by atoms with E-state index in [1.807, 2.05) is 0 Å². The number of hydrogen-bond donors (Lipinski definition) is 1. The molecule has 1 aromatic rings. The Labute approximate surface area is 132 Å². The van der Waals surface area contributed by atoms with Crippen LogP contribution in [-0.4, -0.2) is 55.5 Å². The Balaban J connectivity index is 2.37. The van der Waals surface area contributed by atoms with Gasteiger partial charge in [0.2, 0.25) is 10.0 Å². The van der Waals surface area contributed by atoms with Crippen LogP contribution in [0.2, 0.25) is 0 Å². The van der Waals surface area contributed by atoms with Crippen LogP contribution >= 0.6 is 0 Å². The Morgan fingerprint density at radius 3 is 2.61 bits per heavy atom. The van der Waals surface area contributed by atoms with Crippen molar-refractivity contribution in [2.45, 2.75) is 30.8 Å². The first-order valence-electron chi connectivity index (χ1n) is 6.84. The molecule has 1 unspecified atom stereocenters. The summed E-state index contributed by atoms with van der Waals surface area (Å²) >= 11 is 0. The Kier molecular flexibility index (Phi) is 4.74. The lowest BCUT2D eigenvalue weighted by atomic mass is 10.1. The second-order valence-corrected chi connectivity index (χ2v) is 7.49. The van der Waals surface area contributed by atoms with Gasteiger partial charge >= 0.3 is 5.97 Å². The van der Waals surface area contributed by atoms with Crippen LogP contribution in [0.5, 0.6) is 0 Å². The lowest BCUT2D eigenvalue weighted by molar-refractivity contribution is -0.157. The molecule has 6 nitrogen and oxygen atoms in total. The van der Waals surface area contributed by atoms with Crippen molar-refractivity contribution < 1.29 is 31.8 Å². The van der Waals surface area contributed by atoms with Crippen LogP contribution < -0.4 is 0 Å². The topological polar surface area (TPSA) is 83.9 Å². The van der Waals surface area contributed by atoms with Crippen molar-refractivity contribution >= 4 is 16.0 Å². The van der Waals surface area contributed by atoms with E-state index in [0.29, 0.717) is 0 Å². The van der Waals surface area contributed by atoms with Crippen molar-refractivity contribution in [3.8, 4) is 0 Å². The van der Waals surface area contributed by atoms with Gasteiger partial charge in [0.25, 0.3) is 6.43 Å². The third-order valence-electron chi connectivity index (χ3n) is 3.76. The van der Waals surface area contributed by atoms with Gasteiger partial charge in [0.15, 0.2) is 0 Å². The molecule has 0 bridgehead atoms. The smallest absolute Gasteiger partial charge is 0.335 e. The molecule has 1 aliphatic heterocycles. The number of carboxylic acids is 1. The number of carbonyl (C=O) groups is 1. The van der Waals surface area contributed by atoms with E-state index in [4.69, 9.17) is 9.84 Å². The molecule has 1 heterocycles. The van der Waals surface area contributed by atoms with Gasteiger partial charge in [-0.1, -0.05) is 0 Å². The van der Waals surface area contributed by atoms with Crippen molar-refractivity contribution in [1.82, 2.24) is 4.31 Å². The number of morpholine rings is 1. The maximum atomic E-state index is 13.1. The minimum Gasteiger partial charge on any atom is -0.478 e. The highest BCUT2D eigenvalue weighted by molar-refractivity contribution is 7.89. The number of aryl methyl sites for hydroxylation is 1. The maximum Gasteiger partial charge on any atom is 0.335 e. The molecule has 0 amide bonds. The summed E-state index contributed by atoms with van der Waals surface area (Å²) in [4.78, 5) is 10.8. The van der Waals surface area contributed by atoms with E-state index in [0.717, 1.165) is 4.31 Å². The normalized spacial score (nSPS) is 23.2. The Morgan fingerprint density at radius 2 is 2.09 bits per heavy atom. The van der Waals surface area contributed by atoms with Crippen molar-refractivity contribution in [2.24, 2.45) is 0 Å². The quantitative estimate of drug-likeness (QED) is 0.895. The van der Waals surface area contributed by atoms with Gasteiger partial charge in [-0.15, -0.1) is 0 Å². The molecule has 0 saturated carbocycles. The highest BCUT2D eigenvalue weighted by Gasteiger charge is 2.44. The van der Waals surface area contributed by atoms with E-state index in [1.54, 1.807) is 0 Å². The molecule has 1 aliphatic rings. The molecule has 1 N–H and O–H groups in total. The van der Waals surface area contributed by atoms with Crippen molar-refractivity contribution in [3.05, 3.63) is 29.3 Å². The molecule has 0 aromatic heterocycles. The van der Waals surface area contributed by atoms with Crippen molar-refractivity contribution in [1.29, 1.82) is 0 Å². The molecule has 2 rings (SSSR count). The molecule has 1 aromatic carbocycles. The van der Waals surface area contributed by atoms with Gasteiger partial charge in [-0.2, -0.15) is 4.31 Å². The third-order valence-corrected chi connectivity index (χ3v) is 5.77. The molecule has 1 fully saturated rings. The fraction of sp³-hybridized carbons (Fsp3) is 0.500. The monoisotopic (exact) mass is 349 g/mol. The number of halogens is 2. The molecule has 9 heteroatoms. The standard InChI is InChI=1S/C14H17F2NO5S/c1-9-7-10(12(18)19)3-4-11(9)23(20,21)17-5-6-22-14(2,8-17)13(15)16/h3-4,7,13H,5-6,8H2,1-2H3,(H,18,19). The van der Waals surface area contributed by atoms with Gasteiger partial charge in [-0.05, 0) is 37.6 Å². The van der Waals surface area contributed by atoms with Gasteiger partial charge in [0.1, 0.15) is 5.60 Å². The number of sulfonamides is 1. The molecular weight excluding hydrogens is 332 g/mol. The van der Waals surface area contributed by atoms with Crippen LogP contribution in [0.25, 0.3) is 0 Å². The minimum atomic E-state index is -4.01. The van der Waals surface area contributed by atoms with Crippen LogP contribution in [0.1, 0.15) is 22.8 Å². The molecule has 0 spiro atoms. The minimum absolute atomic E-state index is 0.0369. The number of nitrogens with zero attached hydrogens (tertiary/aromatic N) is 1. The van der Waals surface area contributed by atoms with Gasteiger partial charge in [-0.25, -0.2) is 22.0 Å². The average Bonchev–Trinajstić information content (AvgIpc) is 2.46. The predicted octanol–water partition coefficient (Wildman–Crippen LogP) is 1.74. The van der Waals surface area contributed by atoms with E-state index in [2.05, 4.69) is 0 Å². The first-order valence-corrected chi connectivity index (χ1v) is 8.28. The number of aromatic carboxylic acids is 1. The molecule has 1 saturated heterocycles. The Hall–Kier alpha value is -1.58. The zero-order valence-corrected chi connectivity index (χ0v) is 13.4. The summed E-state index contributed by atoms with van der Waals surface area (Å²) in [6.45, 7) is 2.00. The van der Waals surface area contributed by atoms with Gasteiger partial charge in [-0.3, -0.25) is 0 Å². The van der Waals surface area contributed by atoms with Crippen molar-refractivity contribution in [3.63, 3.8) is 0 Å². The van der Waals surface area contributed by atoms with Crippen LogP contribution in [0.3, 0.4) is 0 Å². The summed E-state index contributed by atoms with van der Waals surface area (Å²) in [5.74, 6) is -1.17. The first kappa shape index (κ1) is 17.8. The Bertz CT molecular complexity index is 722. The van der Waals surface area contributed by atoms with Gasteiger partial charge < -0.3 is 9.84 Å². The van der Waals surface area contributed by atoms with Crippen LogP contribution in [0.4, 0.5) is 8.78 Å². The molecule has 128 valence electrons. The fourth-order valence-electron chi connectivity index (χ4n) is 2.40. The summed E-state index contributed by atoms with van der Waals surface area (Å²) in [6, 6.07) is 3.60. The van der Waals surface area contributed by atoms with Crippen LogP contribution in [0, 0.1) is 6.92 Å². The maximum absolute atomic E-state index is 13.1. The van der Waals surface area contributed by atoms with Crippen molar-refractivity contribution in [2.75, 3.05) is 19.7 Å². The summed E-state index contributed by atoms with van der Waals surface area (Å²) in [5, 5.41) is 8.92. The summed E-state index contributed by atoms with van der Waals surface area (Å²) < 4.78 is 57.5. The number of benzene rings is 1. The van der Waals surface area contributed by atoms with E-state index < -0.39 is 34.6 Å². The third kappa shape index (κ3) is 3.36. The number of rotatable bonds is 4. The van der Waals surface area contributed by atoms with E-state index in [1.165, 1.54) is 32.0 Å².